The van der Waals surface area contributed by atoms with E-state index in [0.717, 1.165) is 18.5 Å². The molecule has 6 nitrogen and oxygen atoms in total. The van der Waals surface area contributed by atoms with Crippen molar-refractivity contribution >= 4 is 17.6 Å². The van der Waals surface area contributed by atoms with Gasteiger partial charge in [-0.2, -0.15) is 9.61 Å². The number of nitrogens with zero attached hydrogens (tertiary/aromatic N) is 4. The molecule has 0 saturated heterocycles. The predicted octanol–water partition coefficient (Wildman–Crippen LogP) is 2.63. The Hall–Kier alpha value is -2.11. The maximum absolute atomic E-state index is 12.4. The normalized spacial score (nSPS) is 15.3. The van der Waals surface area contributed by atoms with Gasteiger partial charge in [0.15, 0.2) is 5.65 Å². The van der Waals surface area contributed by atoms with Gasteiger partial charge in [-0.05, 0) is 39.7 Å². The molecule has 6 heteroatoms. The zero-order chi connectivity index (χ0) is 14.3. The van der Waals surface area contributed by atoms with Crippen LogP contribution in [-0.4, -0.2) is 32.3 Å². The number of hydrogen-bond donors (Lipinski definition) is 0. The van der Waals surface area contributed by atoms with E-state index in [4.69, 9.17) is 4.74 Å². The molecule has 106 valence electrons. The Morgan fingerprint density at radius 2 is 2.10 bits per heavy atom. The van der Waals surface area contributed by atoms with E-state index < -0.39 is 5.60 Å². The molecule has 1 amide bonds. The van der Waals surface area contributed by atoms with Crippen molar-refractivity contribution in [3.63, 3.8) is 0 Å². The van der Waals surface area contributed by atoms with Crippen LogP contribution < -0.4 is 4.90 Å². The largest absolute Gasteiger partial charge is 0.443 e. The lowest BCUT2D eigenvalue weighted by molar-refractivity contribution is 0.0576. The van der Waals surface area contributed by atoms with Gasteiger partial charge in [-0.3, -0.25) is 4.90 Å². The Morgan fingerprint density at radius 3 is 2.75 bits per heavy atom. The lowest BCUT2D eigenvalue weighted by Gasteiger charge is -2.27. The van der Waals surface area contributed by atoms with Crippen LogP contribution >= 0.6 is 0 Å². The highest BCUT2D eigenvalue weighted by Crippen LogP contribution is 2.32. The summed E-state index contributed by atoms with van der Waals surface area (Å²) in [4.78, 5) is 18.4. The molecule has 1 saturated carbocycles. The van der Waals surface area contributed by atoms with Gasteiger partial charge in [0.25, 0.3) is 0 Å². The lowest BCUT2D eigenvalue weighted by Crippen LogP contribution is -2.39. The summed E-state index contributed by atoms with van der Waals surface area (Å²) >= 11 is 0. The van der Waals surface area contributed by atoms with Crippen molar-refractivity contribution in [1.82, 2.24) is 14.6 Å². The second kappa shape index (κ2) is 4.47. The number of rotatable bonds is 2. The summed E-state index contributed by atoms with van der Waals surface area (Å²) in [6.45, 7) is 5.60. The van der Waals surface area contributed by atoms with E-state index >= 15 is 0 Å². The minimum Gasteiger partial charge on any atom is -0.443 e. The molecule has 0 bridgehead atoms. The first-order valence-corrected chi connectivity index (χ1v) is 6.77. The monoisotopic (exact) mass is 274 g/mol. The molecule has 1 fully saturated rings. The van der Waals surface area contributed by atoms with Crippen LogP contribution in [0.3, 0.4) is 0 Å². The summed E-state index contributed by atoms with van der Waals surface area (Å²) in [6.07, 6.45) is 5.01. The number of carbonyl (C=O) groups is 1. The molecule has 2 aromatic rings. The molecule has 0 unspecified atom stereocenters. The minimum atomic E-state index is -0.513. The highest BCUT2D eigenvalue weighted by atomic mass is 16.6. The quantitative estimate of drug-likeness (QED) is 0.844. The second-order valence-corrected chi connectivity index (χ2v) is 5.99. The molecule has 0 aromatic carbocycles. The van der Waals surface area contributed by atoms with E-state index in [0.29, 0.717) is 5.82 Å². The van der Waals surface area contributed by atoms with Crippen LogP contribution in [0.2, 0.25) is 0 Å². The Kier molecular flexibility index (Phi) is 2.88. The molecule has 3 rings (SSSR count). The first kappa shape index (κ1) is 12.9. The first-order chi connectivity index (χ1) is 9.46. The average Bonchev–Trinajstić information content (AvgIpc) is 3.04. The summed E-state index contributed by atoms with van der Waals surface area (Å²) in [5.74, 6) is 0.705. The van der Waals surface area contributed by atoms with Gasteiger partial charge in [-0.15, -0.1) is 0 Å². The lowest BCUT2D eigenvalue weighted by atomic mass is 10.2. The van der Waals surface area contributed by atoms with E-state index in [1.807, 2.05) is 26.8 Å². The van der Waals surface area contributed by atoms with Crippen molar-refractivity contribution in [1.29, 1.82) is 0 Å². The van der Waals surface area contributed by atoms with E-state index in [-0.39, 0.29) is 12.1 Å². The maximum atomic E-state index is 12.4. The number of fused-ring (bicyclic) bond motifs is 1. The van der Waals surface area contributed by atoms with Crippen molar-refractivity contribution in [2.24, 2.45) is 0 Å². The maximum Gasteiger partial charge on any atom is 0.416 e. The Bertz CT molecular complexity index is 640. The average molecular weight is 274 g/mol. The highest BCUT2D eigenvalue weighted by molar-refractivity contribution is 5.88. The summed E-state index contributed by atoms with van der Waals surface area (Å²) in [6, 6.07) is 3.80. The van der Waals surface area contributed by atoms with Crippen LogP contribution in [0.5, 0.6) is 0 Å². The van der Waals surface area contributed by atoms with Gasteiger partial charge in [0, 0.05) is 18.3 Å². The molecular formula is C14H18N4O2. The molecule has 0 N–H and O–H groups in total. The number of aromatic nitrogens is 3. The molecule has 2 heterocycles. The van der Waals surface area contributed by atoms with E-state index in [2.05, 4.69) is 10.1 Å². The fraction of sp³-hybridized carbons (Fsp3) is 0.500. The summed E-state index contributed by atoms with van der Waals surface area (Å²) in [5, 5.41) is 4.23. The zero-order valence-electron chi connectivity index (χ0n) is 11.9. The van der Waals surface area contributed by atoms with Gasteiger partial charge in [0.2, 0.25) is 0 Å². The molecular weight excluding hydrogens is 256 g/mol. The molecule has 1 aliphatic carbocycles. The molecule has 0 aliphatic heterocycles. The molecule has 2 aromatic heterocycles. The van der Waals surface area contributed by atoms with Gasteiger partial charge in [0.1, 0.15) is 11.4 Å². The molecule has 0 radical (unpaired) electrons. The highest BCUT2D eigenvalue weighted by Gasteiger charge is 2.37. The molecule has 20 heavy (non-hydrogen) atoms. The van der Waals surface area contributed by atoms with E-state index in [1.165, 1.54) is 0 Å². The van der Waals surface area contributed by atoms with Crippen molar-refractivity contribution in [2.75, 3.05) is 4.90 Å². The Balaban J connectivity index is 1.99. The summed E-state index contributed by atoms with van der Waals surface area (Å²) in [5.41, 5.74) is 0.206. The third-order valence-electron chi connectivity index (χ3n) is 3.02. The predicted molar refractivity (Wildman–Crippen MR) is 74.7 cm³/mol. The van der Waals surface area contributed by atoms with Crippen molar-refractivity contribution in [2.45, 2.75) is 45.3 Å². The summed E-state index contributed by atoms with van der Waals surface area (Å²) < 4.78 is 7.18. The topological polar surface area (TPSA) is 59.7 Å². The van der Waals surface area contributed by atoms with Gasteiger partial charge in [0.05, 0.1) is 6.20 Å². The third-order valence-corrected chi connectivity index (χ3v) is 3.02. The SMILES string of the molecule is CC(C)(C)OC(=O)N(c1ccnc2ccnn12)C1CC1. The summed E-state index contributed by atoms with van der Waals surface area (Å²) in [7, 11) is 0. The number of anilines is 1. The number of amides is 1. The number of carbonyl (C=O) groups excluding carboxylic acids is 1. The molecule has 0 spiro atoms. The number of hydrogen-bond acceptors (Lipinski definition) is 4. The first-order valence-electron chi connectivity index (χ1n) is 6.77. The Morgan fingerprint density at radius 1 is 1.35 bits per heavy atom. The fourth-order valence-corrected chi connectivity index (χ4v) is 2.08. The molecule has 0 atom stereocenters. The van der Waals surface area contributed by atoms with Crippen molar-refractivity contribution in [3.05, 3.63) is 24.5 Å². The molecule has 1 aliphatic rings. The van der Waals surface area contributed by atoms with Crippen LogP contribution in [0, 0.1) is 0 Å². The van der Waals surface area contributed by atoms with Crippen LogP contribution in [0.15, 0.2) is 24.5 Å². The fourth-order valence-electron chi connectivity index (χ4n) is 2.08. The number of ether oxygens (including phenoxy) is 1. The van der Waals surface area contributed by atoms with Crippen molar-refractivity contribution in [3.8, 4) is 0 Å². The van der Waals surface area contributed by atoms with E-state index in [1.54, 1.807) is 27.9 Å². The van der Waals surface area contributed by atoms with Crippen LogP contribution in [-0.2, 0) is 4.74 Å². The van der Waals surface area contributed by atoms with Crippen LogP contribution in [0.1, 0.15) is 33.6 Å². The van der Waals surface area contributed by atoms with Crippen LogP contribution in [0.4, 0.5) is 10.6 Å². The smallest absolute Gasteiger partial charge is 0.416 e. The van der Waals surface area contributed by atoms with Crippen LogP contribution in [0.25, 0.3) is 5.65 Å². The van der Waals surface area contributed by atoms with Gasteiger partial charge < -0.3 is 4.74 Å². The van der Waals surface area contributed by atoms with E-state index in [9.17, 15) is 4.79 Å². The van der Waals surface area contributed by atoms with Gasteiger partial charge in [-0.25, -0.2) is 9.78 Å². The van der Waals surface area contributed by atoms with Gasteiger partial charge in [-0.1, -0.05) is 0 Å². The minimum absolute atomic E-state index is 0.194. The van der Waals surface area contributed by atoms with Gasteiger partial charge >= 0.3 is 6.09 Å². The standard InChI is InChI=1S/C14H18N4O2/c1-14(2,3)20-13(19)17(10-4-5-10)12-7-8-15-11-6-9-16-18(11)12/h6-10H,4-5H2,1-3H3. The Labute approximate surface area is 117 Å². The third kappa shape index (κ3) is 2.45. The second-order valence-electron chi connectivity index (χ2n) is 5.99. The van der Waals surface area contributed by atoms with Crippen molar-refractivity contribution < 1.29 is 9.53 Å². The zero-order valence-corrected chi connectivity index (χ0v) is 11.9.